The molecule has 1 aliphatic rings. The van der Waals surface area contributed by atoms with E-state index in [0.29, 0.717) is 5.56 Å². The zero-order valence-electron chi connectivity index (χ0n) is 14.0. The number of hydrogen-bond acceptors (Lipinski definition) is 5. The lowest BCUT2D eigenvalue weighted by atomic mass is 10.1. The Bertz CT molecular complexity index is 959. The van der Waals surface area contributed by atoms with Crippen LogP contribution in [-0.4, -0.2) is 31.4 Å². The van der Waals surface area contributed by atoms with E-state index in [1.807, 2.05) is 0 Å². The molecule has 0 radical (unpaired) electrons. The SMILES string of the molecule is Cc1ccc(S(=O)(=O)NC2CC2)cc1C(=O)NCc1ccc(C(=O)O)o1. The van der Waals surface area contributed by atoms with Crippen molar-refractivity contribution in [2.75, 3.05) is 0 Å². The Morgan fingerprint density at radius 1 is 1.23 bits per heavy atom. The number of carboxylic acids is 1. The highest BCUT2D eigenvalue weighted by molar-refractivity contribution is 7.89. The maximum Gasteiger partial charge on any atom is 0.371 e. The highest BCUT2D eigenvalue weighted by atomic mass is 32.2. The van der Waals surface area contributed by atoms with E-state index in [9.17, 15) is 18.0 Å². The predicted octanol–water partition coefficient (Wildman–Crippen LogP) is 1.66. The molecule has 0 saturated heterocycles. The molecule has 1 fully saturated rings. The van der Waals surface area contributed by atoms with Gasteiger partial charge >= 0.3 is 5.97 Å². The summed E-state index contributed by atoms with van der Waals surface area (Å²) in [5.41, 5.74) is 0.854. The van der Waals surface area contributed by atoms with Gasteiger partial charge in [-0.1, -0.05) is 6.07 Å². The lowest BCUT2D eigenvalue weighted by Crippen LogP contribution is -2.27. The molecular weight excluding hydrogens is 360 g/mol. The molecule has 2 aromatic rings. The summed E-state index contributed by atoms with van der Waals surface area (Å²) in [5, 5.41) is 11.4. The fourth-order valence-corrected chi connectivity index (χ4v) is 3.68. The maximum atomic E-state index is 12.4. The van der Waals surface area contributed by atoms with Crippen molar-refractivity contribution in [3.63, 3.8) is 0 Å². The fourth-order valence-electron chi connectivity index (χ4n) is 2.35. The van der Waals surface area contributed by atoms with E-state index in [2.05, 4.69) is 10.0 Å². The third kappa shape index (κ3) is 4.12. The second-order valence-corrected chi connectivity index (χ2v) is 7.84. The third-order valence-corrected chi connectivity index (χ3v) is 5.48. The molecule has 9 heteroatoms. The molecule has 0 bridgehead atoms. The molecule has 1 heterocycles. The van der Waals surface area contributed by atoms with E-state index < -0.39 is 21.9 Å². The second kappa shape index (κ2) is 6.93. The molecule has 26 heavy (non-hydrogen) atoms. The summed E-state index contributed by atoms with van der Waals surface area (Å²) in [6.07, 6.45) is 1.64. The van der Waals surface area contributed by atoms with Crippen LogP contribution < -0.4 is 10.0 Å². The number of amides is 1. The van der Waals surface area contributed by atoms with Crippen LogP contribution in [0.4, 0.5) is 0 Å². The van der Waals surface area contributed by atoms with Crippen LogP contribution in [0.2, 0.25) is 0 Å². The minimum Gasteiger partial charge on any atom is -0.475 e. The van der Waals surface area contributed by atoms with E-state index in [-0.39, 0.29) is 34.6 Å². The van der Waals surface area contributed by atoms with E-state index in [0.717, 1.165) is 12.8 Å². The fraction of sp³-hybridized carbons (Fsp3) is 0.294. The normalized spacial score (nSPS) is 14.2. The van der Waals surface area contributed by atoms with Crippen LogP contribution in [-0.2, 0) is 16.6 Å². The Hall–Kier alpha value is -2.65. The van der Waals surface area contributed by atoms with Gasteiger partial charge in [0.15, 0.2) is 0 Å². The molecule has 1 aliphatic carbocycles. The number of carbonyl (C=O) groups excluding carboxylic acids is 1. The largest absolute Gasteiger partial charge is 0.475 e. The number of rotatable bonds is 7. The standard InChI is InChI=1S/C17H18N2O6S/c1-10-2-6-13(26(23,24)19-11-3-4-11)8-14(10)16(20)18-9-12-5-7-15(25-12)17(21)22/h2,5-8,11,19H,3-4,9H2,1H3,(H,18,20)(H,21,22). The summed E-state index contributed by atoms with van der Waals surface area (Å²) in [6.45, 7) is 1.69. The van der Waals surface area contributed by atoms with Gasteiger partial charge in [0.2, 0.25) is 15.8 Å². The van der Waals surface area contributed by atoms with Crippen molar-refractivity contribution in [3.05, 3.63) is 53.0 Å². The molecule has 8 nitrogen and oxygen atoms in total. The van der Waals surface area contributed by atoms with Gasteiger partial charge in [-0.3, -0.25) is 4.79 Å². The molecule has 1 aromatic carbocycles. The van der Waals surface area contributed by atoms with E-state index >= 15 is 0 Å². The van der Waals surface area contributed by atoms with Crippen LogP contribution in [0.3, 0.4) is 0 Å². The topological polar surface area (TPSA) is 126 Å². The monoisotopic (exact) mass is 378 g/mol. The smallest absolute Gasteiger partial charge is 0.371 e. The number of nitrogens with one attached hydrogen (secondary N) is 2. The van der Waals surface area contributed by atoms with Crippen LogP contribution in [0, 0.1) is 6.92 Å². The van der Waals surface area contributed by atoms with Crippen molar-refractivity contribution in [1.29, 1.82) is 0 Å². The van der Waals surface area contributed by atoms with E-state index in [1.165, 1.54) is 24.3 Å². The van der Waals surface area contributed by atoms with Gasteiger partial charge in [-0.05, 0) is 49.6 Å². The quantitative estimate of drug-likeness (QED) is 0.673. The van der Waals surface area contributed by atoms with Crippen molar-refractivity contribution in [1.82, 2.24) is 10.0 Å². The molecule has 3 rings (SSSR count). The Balaban J connectivity index is 1.73. The van der Waals surface area contributed by atoms with Gasteiger partial charge in [-0.25, -0.2) is 17.9 Å². The van der Waals surface area contributed by atoms with Crippen LogP contribution in [0.25, 0.3) is 0 Å². The van der Waals surface area contributed by atoms with Crippen molar-refractivity contribution in [2.24, 2.45) is 0 Å². The highest BCUT2D eigenvalue weighted by Crippen LogP contribution is 2.23. The molecule has 0 unspecified atom stereocenters. The molecule has 1 saturated carbocycles. The van der Waals surface area contributed by atoms with Gasteiger partial charge in [0.1, 0.15) is 5.76 Å². The number of carbonyl (C=O) groups is 2. The number of hydrogen-bond donors (Lipinski definition) is 3. The Morgan fingerprint density at radius 2 is 1.96 bits per heavy atom. The second-order valence-electron chi connectivity index (χ2n) is 6.13. The van der Waals surface area contributed by atoms with Crippen molar-refractivity contribution in [3.8, 4) is 0 Å². The van der Waals surface area contributed by atoms with Crippen LogP contribution in [0.1, 0.15) is 45.1 Å². The van der Waals surface area contributed by atoms with Crippen LogP contribution in [0.15, 0.2) is 39.6 Å². The maximum absolute atomic E-state index is 12.4. The number of furan rings is 1. The number of benzene rings is 1. The van der Waals surface area contributed by atoms with Crippen molar-refractivity contribution in [2.45, 2.75) is 37.2 Å². The number of aromatic carboxylic acids is 1. The summed E-state index contributed by atoms with van der Waals surface area (Å²) in [6, 6.07) is 7.10. The van der Waals surface area contributed by atoms with Gasteiger partial charge in [0.25, 0.3) is 5.91 Å². The Labute approximate surface area is 150 Å². The molecule has 1 aromatic heterocycles. The number of carboxylic acid groups (broad SMARTS) is 1. The zero-order valence-corrected chi connectivity index (χ0v) is 14.8. The lowest BCUT2D eigenvalue weighted by molar-refractivity contribution is 0.0660. The van der Waals surface area contributed by atoms with Gasteiger partial charge in [-0.15, -0.1) is 0 Å². The van der Waals surface area contributed by atoms with Crippen molar-refractivity contribution < 1.29 is 27.5 Å². The summed E-state index contributed by atoms with van der Waals surface area (Å²) in [4.78, 5) is 23.2. The molecule has 0 atom stereocenters. The average molecular weight is 378 g/mol. The average Bonchev–Trinajstić information content (AvgIpc) is 3.24. The van der Waals surface area contributed by atoms with Gasteiger partial charge < -0.3 is 14.8 Å². The van der Waals surface area contributed by atoms with Crippen LogP contribution >= 0.6 is 0 Å². The zero-order chi connectivity index (χ0) is 18.9. The van der Waals surface area contributed by atoms with Gasteiger partial charge in [0, 0.05) is 11.6 Å². The van der Waals surface area contributed by atoms with Gasteiger partial charge in [0.05, 0.1) is 11.4 Å². The van der Waals surface area contributed by atoms with E-state index in [1.54, 1.807) is 13.0 Å². The predicted molar refractivity (Wildman–Crippen MR) is 91.4 cm³/mol. The number of aryl methyl sites for hydroxylation is 1. The lowest BCUT2D eigenvalue weighted by Gasteiger charge is -2.10. The van der Waals surface area contributed by atoms with E-state index in [4.69, 9.17) is 9.52 Å². The molecule has 138 valence electrons. The minimum atomic E-state index is -3.66. The first-order chi connectivity index (χ1) is 12.3. The molecule has 3 N–H and O–H groups in total. The highest BCUT2D eigenvalue weighted by Gasteiger charge is 2.28. The Kier molecular flexibility index (Phi) is 4.84. The van der Waals surface area contributed by atoms with Crippen molar-refractivity contribution >= 4 is 21.9 Å². The summed E-state index contributed by atoms with van der Waals surface area (Å²) in [5.74, 6) is -1.60. The van der Waals surface area contributed by atoms with Crippen LogP contribution in [0.5, 0.6) is 0 Å². The van der Waals surface area contributed by atoms with Gasteiger partial charge in [-0.2, -0.15) is 0 Å². The third-order valence-electron chi connectivity index (χ3n) is 3.96. The first-order valence-electron chi connectivity index (χ1n) is 7.99. The molecule has 0 aliphatic heterocycles. The molecular formula is C17H18N2O6S. The first kappa shape index (κ1) is 18.2. The minimum absolute atomic E-state index is 0.0111. The molecule has 0 spiro atoms. The summed E-state index contributed by atoms with van der Waals surface area (Å²) >= 11 is 0. The first-order valence-corrected chi connectivity index (χ1v) is 9.48. The summed E-state index contributed by atoms with van der Waals surface area (Å²) in [7, 11) is -3.66. The number of sulfonamides is 1. The Morgan fingerprint density at radius 3 is 2.58 bits per heavy atom. The summed E-state index contributed by atoms with van der Waals surface area (Å²) < 4.78 is 32.2. The molecule has 1 amide bonds.